The third-order valence-electron chi connectivity index (χ3n) is 3.34. The minimum absolute atomic E-state index is 0.215. The summed E-state index contributed by atoms with van der Waals surface area (Å²) in [5.41, 5.74) is 0.743. The molecule has 7 heteroatoms. The molecule has 21 heavy (non-hydrogen) atoms. The number of aryl methyl sites for hydroxylation is 1. The molecule has 3 rings (SSSR count). The van der Waals surface area contributed by atoms with Crippen LogP contribution in [0.2, 0.25) is 0 Å². The highest BCUT2D eigenvalue weighted by molar-refractivity contribution is 9.10. The summed E-state index contributed by atoms with van der Waals surface area (Å²) < 4.78 is 5.80. The fourth-order valence-corrected chi connectivity index (χ4v) is 2.78. The van der Waals surface area contributed by atoms with Gasteiger partial charge in [-0.1, -0.05) is 33.2 Å². The fourth-order valence-electron chi connectivity index (χ4n) is 2.36. The van der Waals surface area contributed by atoms with Crippen LogP contribution in [-0.2, 0) is 4.79 Å². The monoisotopic (exact) mass is 349 g/mol. The number of carbonyl (C=O) groups excluding carboxylic acids is 2. The van der Waals surface area contributed by atoms with Crippen molar-refractivity contribution in [1.82, 2.24) is 10.1 Å². The van der Waals surface area contributed by atoms with Crippen LogP contribution < -0.4 is 4.90 Å². The quantitative estimate of drug-likeness (QED) is 0.781. The summed E-state index contributed by atoms with van der Waals surface area (Å²) in [6.45, 7) is 1.71. The van der Waals surface area contributed by atoms with Gasteiger partial charge in [-0.05, 0) is 24.6 Å². The Morgan fingerprint density at radius 3 is 2.67 bits per heavy atom. The zero-order chi connectivity index (χ0) is 15.1. The molecule has 1 fully saturated rings. The normalized spacial score (nSPS) is 18.7. The maximum absolute atomic E-state index is 12.6. The maximum Gasteiger partial charge on any atom is 0.333 e. The van der Waals surface area contributed by atoms with E-state index in [1.54, 1.807) is 20.0 Å². The molecule has 1 atom stereocenters. The third-order valence-corrected chi connectivity index (χ3v) is 3.84. The first-order valence-corrected chi connectivity index (χ1v) is 7.08. The van der Waals surface area contributed by atoms with E-state index in [1.165, 1.54) is 4.90 Å². The third kappa shape index (κ3) is 2.23. The Kier molecular flexibility index (Phi) is 3.29. The van der Waals surface area contributed by atoms with Gasteiger partial charge in [-0.15, -0.1) is 0 Å². The zero-order valence-corrected chi connectivity index (χ0v) is 13.0. The second kappa shape index (κ2) is 5.00. The highest BCUT2D eigenvalue weighted by Crippen LogP contribution is 2.33. The molecule has 108 valence electrons. The van der Waals surface area contributed by atoms with Crippen LogP contribution in [-0.4, -0.2) is 29.0 Å². The Balaban J connectivity index is 2.01. The number of imide groups is 1. The number of urea groups is 1. The molecule has 0 radical (unpaired) electrons. The van der Waals surface area contributed by atoms with E-state index in [0.717, 1.165) is 14.9 Å². The summed E-state index contributed by atoms with van der Waals surface area (Å²) in [6.07, 6.45) is 0. The number of aromatic nitrogens is 1. The zero-order valence-electron chi connectivity index (χ0n) is 11.4. The largest absolute Gasteiger partial charge is 0.360 e. The number of rotatable bonds is 2. The van der Waals surface area contributed by atoms with Crippen molar-refractivity contribution >= 4 is 33.7 Å². The summed E-state index contributed by atoms with van der Waals surface area (Å²) in [5, 5.41) is 3.75. The molecule has 1 aliphatic heterocycles. The fraction of sp³-hybridized carbons (Fsp3) is 0.214. The molecule has 0 bridgehead atoms. The number of hydrogen-bond acceptors (Lipinski definition) is 4. The highest BCUT2D eigenvalue weighted by Gasteiger charge is 2.46. The van der Waals surface area contributed by atoms with Crippen molar-refractivity contribution in [1.29, 1.82) is 0 Å². The number of likely N-dealkylation sites (N-methyl/N-ethyl adjacent to an activating group) is 1. The van der Waals surface area contributed by atoms with Crippen LogP contribution >= 0.6 is 15.9 Å². The average molecular weight is 350 g/mol. The van der Waals surface area contributed by atoms with Gasteiger partial charge in [-0.25, -0.2) is 9.69 Å². The smallest absolute Gasteiger partial charge is 0.333 e. The van der Waals surface area contributed by atoms with Crippen molar-refractivity contribution in [3.8, 4) is 0 Å². The summed E-state index contributed by atoms with van der Waals surface area (Å²) >= 11 is 3.37. The molecule has 1 aromatic heterocycles. The van der Waals surface area contributed by atoms with Gasteiger partial charge in [0.15, 0.2) is 5.82 Å². The van der Waals surface area contributed by atoms with Crippen molar-refractivity contribution in [2.45, 2.75) is 13.0 Å². The van der Waals surface area contributed by atoms with Gasteiger partial charge in [0.05, 0.1) is 0 Å². The molecule has 0 unspecified atom stereocenters. The number of nitrogens with zero attached hydrogens (tertiary/aromatic N) is 3. The summed E-state index contributed by atoms with van der Waals surface area (Å²) in [7, 11) is 1.60. The second-order valence-electron chi connectivity index (χ2n) is 4.82. The van der Waals surface area contributed by atoms with Crippen LogP contribution in [0.1, 0.15) is 17.4 Å². The standard InChI is InChI=1S/C14H12BrN3O3/c1-8-6-11(16-21-8)18-13(19)12(17(2)14(18)20)9-4-3-5-10(15)7-9/h3-7,12H,1-2H3/t12-/m0/s1. The van der Waals surface area contributed by atoms with Gasteiger partial charge >= 0.3 is 6.03 Å². The number of hydrogen-bond donors (Lipinski definition) is 0. The van der Waals surface area contributed by atoms with E-state index in [0.29, 0.717) is 5.76 Å². The Morgan fingerprint density at radius 1 is 1.29 bits per heavy atom. The van der Waals surface area contributed by atoms with Crippen LogP contribution in [0, 0.1) is 6.92 Å². The topological polar surface area (TPSA) is 66.7 Å². The molecule has 1 saturated heterocycles. The van der Waals surface area contributed by atoms with Crippen molar-refractivity contribution < 1.29 is 14.1 Å². The van der Waals surface area contributed by atoms with Gasteiger partial charge in [0.25, 0.3) is 5.91 Å². The molecule has 6 nitrogen and oxygen atoms in total. The number of amides is 3. The molecule has 0 saturated carbocycles. The van der Waals surface area contributed by atoms with E-state index in [4.69, 9.17) is 4.52 Å². The predicted molar refractivity (Wildman–Crippen MR) is 78.8 cm³/mol. The lowest BCUT2D eigenvalue weighted by Gasteiger charge is -2.16. The van der Waals surface area contributed by atoms with E-state index in [9.17, 15) is 9.59 Å². The van der Waals surface area contributed by atoms with Gasteiger partial charge in [-0.2, -0.15) is 0 Å². The first-order chi connectivity index (χ1) is 9.99. The highest BCUT2D eigenvalue weighted by atomic mass is 79.9. The van der Waals surface area contributed by atoms with Crippen LogP contribution in [0.3, 0.4) is 0 Å². The van der Waals surface area contributed by atoms with Gasteiger partial charge in [0.1, 0.15) is 11.8 Å². The average Bonchev–Trinajstić information content (AvgIpc) is 2.93. The second-order valence-corrected chi connectivity index (χ2v) is 5.74. The molecule has 1 aliphatic rings. The van der Waals surface area contributed by atoms with Gasteiger partial charge in [0, 0.05) is 17.6 Å². The van der Waals surface area contributed by atoms with Crippen molar-refractivity contribution in [3.05, 3.63) is 46.1 Å². The lowest BCUT2D eigenvalue weighted by Crippen LogP contribution is -2.31. The molecular weight excluding hydrogens is 338 g/mol. The predicted octanol–water partition coefficient (Wildman–Crippen LogP) is 2.89. The Morgan fingerprint density at radius 2 is 2.05 bits per heavy atom. The van der Waals surface area contributed by atoms with Gasteiger partial charge in [0.2, 0.25) is 0 Å². The maximum atomic E-state index is 12.6. The number of carbonyl (C=O) groups is 2. The minimum Gasteiger partial charge on any atom is -0.360 e. The Hall–Kier alpha value is -2.15. The van der Waals surface area contributed by atoms with Gasteiger partial charge < -0.3 is 9.42 Å². The summed E-state index contributed by atoms with van der Waals surface area (Å²) in [6, 6.07) is 7.81. The van der Waals surface area contributed by atoms with Crippen LogP contribution in [0.15, 0.2) is 39.3 Å². The molecular formula is C14H12BrN3O3. The summed E-state index contributed by atoms with van der Waals surface area (Å²) in [4.78, 5) is 27.4. The van der Waals surface area contributed by atoms with Crippen LogP contribution in [0.25, 0.3) is 0 Å². The molecule has 2 heterocycles. The molecule has 0 N–H and O–H groups in total. The molecule has 2 aromatic rings. The SMILES string of the molecule is Cc1cc(N2C(=O)[C@H](c3cccc(Br)c3)N(C)C2=O)no1. The molecule has 0 spiro atoms. The lowest BCUT2D eigenvalue weighted by molar-refractivity contribution is -0.119. The van der Waals surface area contributed by atoms with Crippen LogP contribution in [0.5, 0.6) is 0 Å². The van der Waals surface area contributed by atoms with E-state index in [1.807, 2.05) is 24.3 Å². The Bertz CT molecular complexity index is 728. The summed E-state index contributed by atoms with van der Waals surface area (Å²) in [5.74, 6) is 0.417. The molecule has 1 aromatic carbocycles. The molecule has 3 amide bonds. The number of halogens is 1. The number of anilines is 1. The lowest BCUT2D eigenvalue weighted by atomic mass is 10.1. The van der Waals surface area contributed by atoms with Crippen molar-refractivity contribution in [2.24, 2.45) is 0 Å². The van der Waals surface area contributed by atoms with Crippen molar-refractivity contribution in [3.63, 3.8) is 0 Å². The van der Waals surface area contributed by atoms with Crippen LogP contribution in [0.4, 0.5) is 10.6 Å². The minimum atomic E-state index is -0.660. The van der Waals surface area contributed by atoms with E-state index in [2.05, 4.69) is 21.1 Å². The first-order valence-electron chi connectivity index (χ1n) is 6.28. The van der Waals surface area contributed by atoms with Crippen molar-refractivity contribution in [2.75, 3.05) is 11.9 Å². The number of benzene rings is 1. The van der Waals surface area contributed by atoms with Gasteiger partial charge in [-0.3, -0.25) is 4.79 Å². The Labute approximate surface area is 129 Å². The van der Waals surface area contributed by atoms with E-state index >= 15 is 0 Å². The molecule has 0 aliphatic carbocycles. The van der Waals surface area contributed by atoms with E-state index in [-0.39, 0.29) is 11.7 Å². The van der Waals surface area contributed by atoms with E-state index < -0.39 is 12.1 Å². The first kappa shape index (κ1) is 13.8.